The maximum absolute atomic E-state index is 10.9. The minimum absolute atomic E-state index is 0.135. The first-order valence-electron chi connectivity index (χ1n) is 8.05. The SMILES string of the molecule is CC1(Cc2ccc([N+](=O)[O-])cc2)c2ccccc2Cn2cccc21. The van der Waals surface area contributed by atoms with E-state index in [0.29, 0.717) is 0 Å². The summed E-state index contributed by atoms with van der Waals surface area (Å²) in [5.41, 5.74) is 5.07. The summed E-state index contributed by atoms with van der Waals surface area (Å²) >= 11 is 0. The lowest BCUT2D eigenvalue weighted by molar-refractivity contribution is -0.384. The van der Waals surface area contributed by atoms with E-state index in [9.17, 15) is 10.1 Å². The molecule has 1 unspecified atom stereocenters. The second kappa shape index (κ2) is 5.34. The summed E-state index contributed by atoms with van der Waals surface area (Å²) in [5.74, 6) is 0. The molecule has 0 N–H and O–H groups in total. The van der Waals surface area contributed by atoms with Gasteiger partial charge in [-0.1, -0.05) is 36.4 Å². The molecular weight excluding hydrogens is 300 g/mol. The van der Waals surface area contributed by atoms with Crippen LogP contribution in [0.5, 0.6) is 0 Å². The summed E-state index contributed by atoms with van der Waals surface area (Å²) < 4.78 is 2.30. The highest BCUT2D eigenvalue weighted by Crippen LogP contribution is 2.41. The van der Waals surface area contributed by atoms with E-state index in [-0.39, 0.29) is 16.0 Å². The zero-order chi connectivity index (χ0) is 16.7. The van der Waals surface area contributed by atoms with Crippen molar-refractivity contribution in [3.8, 4) is 0 Å². The number of nitro groups is 1. The molecule has 2 heterocycles. The third-order valence-corrected chi connectivity index (χ3v) is 5.05. The number of nitrogens with zero attached hydrogens (tertiary/aromatic N) is 2. The predicted molar refractivity (Wildman–Crippen MR) is 93.2 cm³/mol. The van der Waals surface area contributed by atoms with Crippen LogP contribution in [-0.4, -0.2) is 9.49 Å². The number of hydrogen-bond donors (Lipinski definition) is 0. The third-order valence-electron chi connectivity index (χ3n) is 5.05. The van der Waals surface area contributed by atoms with Gasteiger partial charge in [-0.3, -0.25) is 10.1 Å². The molecule has 2 aromatic carbocycles. The second-order valence-corrected chi connectivity index (χ2v) is 6.61. The zero-order valence-corrected chi connectivity index (χ0v) is 13.5. The maximum atomic E-state index is 10.9. The molecule has 4 nitrogen and oxygen atoms in total. The highest BCUT2D eigenvalue weighted by Gasteiger charge is 2.36. The minimum atomic E-state index is -0.355. The van der Waals surface area contributed by atoms with Crippen molar-refractivity contribution in [2.45, 2.75) is 25.3 Å². The molecule has 24 heavy (non-hydrogen) atoms. The molecule has 1 aromatic heterocycles. The Labute approximate surface area is 140 Å². The molecule has 0 aliphatic carbocycles. The lowest BCUT2D eigenvalue weighted by atomic mass is 9.71. The lowest BCUT2D eigenvalue weighted by Gasteiger charge is -2.38. The van der Waals surface area contributed by atoms with Crippen molar-refractivity contribution in [2.24, 2.45) is 0 Å². The Bertz CT molecular complexity index is 911. The van der Waals surface area contributed by atoms with E-state index in [2.05, 4.69) is 54.1 Å². The van der Waals surface area contributed by atoms with Crippen LogP contribution >= 0.6 is 0 Å². The standard InChI is InChI=1S/C20H18N2O2/c1-20(13-15-8-10-17(11-9-15)22(23)24)18-6-3-2-5-16(18)14-21-12-4-7-19(20)21/h2-12H,13-14H2,1H3. The summed E-state index contributed by atoms with van der Waals surface area (Å²) in [4.78, 5) is 10.5. The van der Waals surface area contributed by atoms with Crippen molar-refractivity contribution in [3.05, 3.63) is 99.4 Å². The molecule has 120 valence electrons. The fourth-order valence-electron chi connectivity index (χ4n) is 3.90. The van der Waals surface area contributed by atoms with Crippen LogP contribution in [0.4, 0.5) is 5.69 Å². The zero-order valence-electron chi connectivity index (χ0n) is 13.5. The first-order chi connectivity index (χ1) is 11.6. The second-order valence-electron chi connectivity index (χ2n) is 6.61. The predicted octanol–water partition coefficient (Wildman–Crippen LogP) is 4.31. The topological polar surface area (TPSA) is 48.1 Å². The van der Waals surface area contributed by atoms with Crippen LogP contribution in [0.1, 0.15) is 29.3 Å². The molecule has 0 spiro atoms. The molecule has 0 saturated heterocycles. The van der Waals surface area contributed by atoms with E-state index in [1.807, 2.05) is 12.1 Å². The van der Waals surface area contributed by atoms with Crippen molar-refractivity contribution in [1.82, 2.24) is 4.57 Å². The van der Waals surface area contributed by atoms with Gasteiger partial charge in [-0.15, -0.1) is 0 Å². The van der Waals surface area contributed by atoms with Gasteiger partial charge in [-0.2, -0.15) is 0 Å². The Morgan fingerprint density at radius 3 is 2.58 bits per heavy atom. The Balaban J connectivity index is 1.78. The molecule has 0 radical (unpaired) electrons. The van der Waals surface area contributed by atoms with E-state index < -0.39 is 0 Å². The van der Waals surface area contributed by atoms with Gasteiger partial charge in [0.05, 0.1) is 4.92 Å². The fraction of sp³-hybridized carbons (Fsp3) is 0.200. The minimum Gasteiger partial charge on any atom is -0.346 e. The number of benzene rings is 2. The fourth-order valence-corrected chi connectivity index (χ4v) is 3.90. The molecule has 3 aromatic rings. The van der Waals surface area contributed by atoms with E-state index in [1.165, 1.54) is 16.8 Å². The van der Waals surface area contributed by atoms with Gasteiger partial charge in [-0.25, -0.2) is 0 Å². The van der Waals surface area contributed by atoms with E-state index in [0.717, 1.165) is 18.5 Å². The van der Waals surface area contributed by atoms with Crippen LogP contribution in [0.15, 0.2) is 66.9 Å². The molecule has 0 bridgehead atoms. The van der Waals surface area contributed by atoms with Gasteiger partial charge >= 0.3 is 0 Å². The molecular formula is C20H18N2O2. The molecule has 0 fully saturated rings. The summed E-state index contributed by atoms with van der Waals surface area (Å²) in [6.07, 6.45) is 2.94. The molecule has 4 rings (SSSR count). The largest absolute Gasteiger partial charge is 0.346 e. The first kappa shape index (κ1) is 14.7. The number of aromatic nitrogens is 1. The quantitative estimate of drug-likeness (QED) is 0.534. The first-order valence-corrected chi connectivity index (χ1v) is 8.05. The van der Waals surface area contributed by atoms with Gasteiger partial charge in [0.15, 0.2) is 0 Å². The van der Waals surface area contributed by atoms with Crippen molar-refractivity contribution < 1.29 is 4.92 Å². The smallest absolute Gasteiger partial charge is 0.269 e. The monoisotopic (exact) mass is 318 g/mol. The molecule has 1 aliphatic heterocycles. The molecule has 1 atom stereocenters. The molecule has 1 aliphatic rings. The summed E-state index contributed by atoms with van der Waals surface area (Å²) in [7, 11) is 0. The Hall–Kier alpha value is -2.88. The van der Waals surface area contributed by atoms with Gasteiger partial charge in [0.25, 0.3) is 5.69 Å². The van der Waals surface area contributed by atoms with Crippen LogP contribution < -0.4 is 0 Å². The van der Waals surface area contributed by atoms with Gasteiger partial charge in [0.2, 0.25) is 0 Å². The van der Waals surface area contributed by atoms with Crippen molar-refractivity contribution >= 4 is 5.69 Å². The number of rotatable bonds is 3. The summed E-state index contributed by atoms with van der Waals surface area (Å²) in [5, 5.41) is 10.9. The van der Waals surface area contributed by atoms with Gasteiger partial charge in [-0.05, 0) is 42.2 Å². The molecule has 0 amide bonds. The van der Waals surface area contributed by atoms with Crippen LogP contribution in [0.2, 0.25) is 0 Å². The van der Waals surface area contributed by atoms with E-state index in [4.69, 9.17) is 0 Å². The van der Waals surface area contributed by atoms with Crippen LogP contribution in [0.3, 0.4) is 0 Å². The molecule has 0 saturated carbocycles. The lowest BCUT2D eigenvalue weighted by Crippen LogP contribution is -2.34. The number of non-ortho nitro benzene ring substituents is 1. The van der Waals surface area contributed by atoms with Crippen molar-refractivity contribution in [1.29, 1.82) is 0 Å². The summed E-state index contributed by atoms with van der Waals surface area (Å²) in [6.45, 7) is 3.16. The number of nitro benzene ring substituents is 1. The highest BCUT2D eigenvalue weighted by atomic mass is 16.6. The number of hydrogen-bond acceptors (Lipinski definition) is 2. The molecule has 4 heteroatoms. The van der Waals surface area contributed by atoms with Crippen LogP contribution in [0.25, 0.3) is 0 Å². The van der Waals surface area contributed by atoms with Gasteiger partial charge in [0.1, 0.15) is 0 Å². The van der Waals surface area contributed by atoms with E-state index >= 15 is 0 Å². The highest BCUT2D eigenvalue weighted by molar-refractivity contribution is 5.47. The average Bonchev–Trinajstić information content (AvgIpc) is 3.05. The van der Waals surface area contributed by atoms with Gasteiger partial charge < -0.3 is 4.57 Å². The van der Waals surface area contributed by atoms with Gasteiger partial charge in [0, 0.05) is 36.0 Å². The average molecular weight is 318 g/mol. The Morgan fingerprint density at radius 2 is 1.83 bits per heavy atom. The number of fused-ring (bicyclic) bond motifs is 2. The Kier molecular flexibility index (Phi) is 3.27. The normalized spacial score (nSPS) is 18.7. The van der Waals surface area contributed by atoms with Crippen molar-refractivity contribution in [3.63, 3.8) is 0 Å². The van der Waals surface area contributed by atoms with E-state index in [1.54, 1.807) is 12.1 Å². The van der Waals surface area contributed by atoms with Crippen molar-refractivity contribution in [2.75, 3.05) is 0 Å². The van der Waals surface area contributed by atoms with Crippen LogP contribution in [-0.2, 0) is 18.4 Å². The van der Waals surface area contributed by atoms with Crippen LogP contribution in [0, 0.1) is 10.1 Å². The Morgan fingerprint density at radius 1 is 1.08 bits per heavy atom. The maximum Gasteiger partial charge on any atom is 0.269 e. The third kappa shape index (κ3) is 2.22. The summed E-state index contributed by atoms with van der Waals surface area (Å²) in [6, 6.07) is 19.8.